The van der Waals surface area contributed by atoms with Gasteiger partial charge in [-0.3, -0.25) is 4.90 Å². The van der Waals surface area contributed by atoms with E-state index in [0.717, 1.165) is 13.1 Å². The van der Waals surface area contributed by atoms with Crippen LogP contribution in [0.4, 0.5) is 9.18 Å². The summed E-state index contributed by atoms with van der Waals surface area (Å²) in [4.78, 5) is 20.2. The third kappa shape index (κ3) is 2.86. The first kappa shape index (κ1) is 16.0. The van der Waals surface area contributed by atoms with E-state index in [2.05, 4.69) is 20.4 Å². The number of benzene rings is 1. The van der Waals surface area contributed by atoms with E-state index < -0.39 is 0 Å². The van der Waals surface area contributed by atoms with Gasteiger partial charge in [0, 0.05) is 31.7 Å². The monoisotopic (exact) mass is 345 g/mol. The molecule has 2 amide bonds. The summed E-state index contributed by atoms with van der Waals surface area (Å²) in [6.45, 7) is 6.58. The molecular weight excluding hydrogens is 325 g/mol. The predicted molar refractivity (Wildman–Crippen MR) is 88.3 cm³/mol. The number of aryl methyl sites for hydroxylation is 1. The first-order valence-electron chi connectivity index (χ1n) is 8.41. The highest BCUT2D eigenvalue weighted by atomic mass is 19.1. The molecule has 1 aromatic carbocycles. The van der Waals surface area contributed by atoms with Gasteiger partial charge in [0.1, 0.15) is 5.82 Å². The fourth-order valence-electron chi connectivity index (χ4n) is 3.39. The molecule has 1 N–H and O–H groups in total. The molecule has 0 saturated carbocycles. The Labute approximate surface area is 144 Å². The zero-order valence-corrected chi connectivity index (χ0v) is 14.2. The Kier molecular flexibility index (Phi) is 3.91. The lowest BCUT2D eigenvalue weighted by Gasteiger charge is -2.38. The zero-order valence-electron chi connectivity index (χ0n) is 14.2. The fraction of sp³-hybridized carbons (Fsp3) is 0.471. The highest BCUT2D eigenvalue weighted by Gasteiger charge is 2.37. The molecule has 8 heteroatoms. The lowest BCUT2D eigenvalue weighted by Crippen LogP contribution is -2.52. The molecule has 0 aliphatic carbocycles. The second kappa shape index (κ2) is 6.11. The van der Waals surface area contributed by atoms with Gasteiger partial charge in [0.2, 0.25) is 11.7 Å². The summed E-state index contributed by atoms with van der Waals surface area (Å²) < 4.78 is 19.2. The van der Waals surface area contributed by atoms with Crippen LogP contribution < -0.4 is 5.32 Å². The predicted octanol–water partition coefficient (Wildman–Crippen LogP) is 1.95. The summed E-state index contributed by atoms with van der Waals surface area (Å²) in [5, 5.41) is 6.86. The number of halogens is 1. The maximum atomic E-state index is 13.7. The Bertz CT molecular complexity index is 808. The fourth-order valence-corrected chi connectivity index (χ4v) is 3.39. The summed E-state index contributed by atoms with van der Waals surface area (Å²) in [6.07, 6.45) is 0. The maximum Gasteiger partial charge on any atom is 0.317 e. The number of rotatable bonds is 3. The summed E-state index contributed by atoms with van der Waals surface area (Å²) in [7, 11) is 0. The van der Waals surface area contributed by atoms with Crippen LogP contribution in [0.2, 0.25) is 0 Å². The third-order valence-corrected chi connectivity index (χ3v) is 5.04. The largest absolute Gasteiger partial charge is 0.337 e. The van der Waals surface area contributed by atoms with E-state index in [0.29, 0.717) is 35.9 Å². The Hall–Kier alpha value is -2.48. The van der Waals surface area contributed by atoms with Crippen molar-refractivity contribution in [2.24, 2.45) is 0 Å². The van der Waals surface area contributed by atoms with Crippen molar-refractivity contribution in [3.8, 4) is 11.4 Å². The summed E-state index contributed by atoms with van der Waals surface area (Å²) in [6, 6.07) is 5.04. The molecule has 2 aliphatic rings. The molecule has 2 saturated heterocycles. The van der Waals surface area contributed by atoms with Crippen molar-refractivity contribution < 1.29 is 13.7 Å². The summed E-state index contributed by atoms with van der Waals surface area (Å²) in [5.41, 5.74) is 1.18. The minimum Gasteiger partial charge on any atom is -0.337 e. The zero-order chi connectivity index (χ0) is 17.6. The second-order valence-electron chi connectivity index (χ2n) is 6.62. The minimum atomic E-state index is -0.286. The Morgan fingerprint density at radius 2 is 2.24 bits per heavy atom. The normalized spacial score (nSPS) is 22.0. The van der Waals surface area contributed by atoms with E-state index >= 15 is 0 Å². The first-order chi connectivity index (χ1) is 12.0. The number of urea groups is 1. The van der Waals surface area contributed by atoms with Crippen molar-refractivity contribution in [3.63, 3.8) is 0 Å². The highest BCUT2D eigenvalue weighted by molar-refractivity contribution is 5.77. The number of carbonyl (C=O) groups excluding carboxylic acids is 1. The van der Waals surface area contributed by atoms with Gasteiger partial charge in [-0.15, -0.1) is 0 Å². The number of piperazine rings is 1. The Balaban J connectivity index is 1.50. The summed E-state index contributed by atoms with van der Waals surface area (Å²) in [5.74, 6) is 0.602. The lowest BCUT2D eigenvalue weighted by atomic mass is 10.1. The number of carbonyl (C=O) groups is 1. The summed E-state index contributed by atoms with van der Waals surface area (Å²) >= 11 is 0. The SMILES string of the molecule is Cc1ccc(-c2noc(C(C)N3CCN4C(=O)NCC4C3)n2)cc1F. The molecule has 0 bridgehead atoms. The van der Waals surface area contributed by atoms with Gasteiger partial charge in [-0.2, -0.15) is 4.98 Å². The van der Waals surface area contributed by atoms with E-state index in [1.807, 2.05) is 11.8 Å². The number of aromatic nitrogens is 2. The molecule has 132 valence electrons. The standard InChI is InChI=1S/C17H20FN5O2/c1-10-3-4-12(7-14(10)18)15-20-16(25-21-15)11(2)22-5-6-23-13(9-22)8-19-17(23)24/h3-4,7,11,13H,5-6,8-9H2,1-2H3,(H,19,24). The molecule has 25 heavy (non-hydrogen) atoms. The molecule has 0 radical (unpaired) electrons. The smallest absolute Gasteiger partial charge is 0.317 e. The number of fused-ring (bicyclic) bond motifs is 1. The van der Waals surface area contributed by atoms with Crippen molar-refractivity contribution in [1.29, 1.82) is 0 Å². The number of amides is 2. The van der Waals surface area contributed by atoms with Gasteiger partial charge in [0.15, 0.2) is 0 Å². The quantitative estimate of drug-likeness (QED) is 0.920. The molecule has 3 heterocycles. The second-order valence-corrected chi connectivity index (χ2v) is 6.62. The third-order valence-electron chi connectivity index (χ3n) is 5.04. The van der Waals surface area contributed by atoms with Crippen LogP contribution in [0.3, 0.4) is 0 Å². The van der Waals surface area contributed by atoms with Crippen LogP contribution >= 0.6 is 0 Å². The number of nitrogens with one attached hydrogen (secondary N) is 1. The van der Waals surface area contributed by atoms with Crippen LogP contribution in [0, 0.1) is 12.7 Å². The number of nitrogens with zero attached hydrogens (tertiary/aromatic N) is 4. The van der Waals surface area contributed by atoms with Crippen molar-refractivity contribution in [2.75, 3.05) is 26.2 Å². The molecule has 0 spiro atoms. The van der Waals surface area contributed by atoms with E-state index in [1.165, 1.54) is 6.07 Å². The van der Waals surface area contributed by atoms with E-state index in [-0.39, 0.29) is 23.9 Å². The highest BCUT2D eigenvalue weighted by Crippen LogP contribution is 2.26. The average molecular weight is 345 g/mol. The Morgan fingerprint density at radius 1 is 1.40 bits per heavy atom. The van der Waals surface area contributed by atoms with Gasteiger partial charge in [-0.25, -0.2) is 9.18 Å². The molecule has 4 rings (SSSR count). The maximum absolute atomic E-state index is 13.7. The van der Waals surface area contributed by atoms with Gasteiger partial charge in [-0.05, 0) is 25.5 Å². The van der Waals surface area contributed by atoms with Crippen molar-refractivity contribution in [3.05, 3.63) is 35.5 Å². The topological polar surface area (TPSA) is 74.5 Å². The van der Waals surface area contributed by atoms with E-state index in [9.17, 15) is 9.18 Å². The number of hydrogen-bond donors (Lipinski definition) is 1. The molecule has 2 fully saturated rings. The molecule has 2 atom stereocenters. The van der Waals surface area contributed by atoms with Crippen molar-refractivity contribution in [1.82, 2.24) is 25.3 Å². The van der Waals surface area contributed by atoms with Crippen LogP contribution in [0.25, 0.3) is 11.4 Å². The van der Waals surface area contributed by atoms with Crippen molar-refractivity contribution >= 4 is 6.03 Å². The molecule has 7 nitrogen and oxygen atoms in total. The van der Waals surface area contributed by atoms with Gasteiger partial charge in [0.05, 0.1) is 12.1 Å². The van der Waals surface area contributed by atoms with Gasteiger partial charge >= 0.3 is 6.03 Å². The number of hydrogen-bond acceptors (Lipinski definition) is 5. The van der Waals surface area contributed by atoms with Gasteiger partial charge in [0.25, 0.3) is 0 Å². The van der Waals surface area contributed by atoms with Crippen LogP contribution in [0.15, 0.2) is 22.7 Å². The first-order valence-corrected chi connectivity index (χ1v) is 8.41. The molecular formula is C17H20FN5O2. The molecule has 2 aliphatic heterocycles. The lowest BCUT2D eigenvalue weighted by molar-refractivity contribution is 0.0812. The molecule has 2 unspecified atom stereocenters. The van der Waals surface area contributed by atoms with E-state index in [1.54, 1.807) is 19.1 Å². The van der Waals surface area contributed by atoms with Crippen LogP contribution in [-0.2, 0) is 0 Å². The van der Waals surface area contributed by atoms with Crippen LogP contribution in [0.5, 0.6) is 0 Å². The van der Waals surface area contributed by atoms with E-state index in [4.69, 9.17) is 4.52 Å². The average Bonchev–Trinajstić information content (AvgIpc) is 3.24. The Morgan fingerprint density at radius 3 is 3.04 bits per heavy atom. The molecule has 2 aromatic rings. The van der Waals surface area contributed by atoms with Crippen molar-refractivity contribution in [2.45, 2.75) is 25.9 Å². The van der Waals surface area contributed by atoms with Crippen LogP contribution in [-0.4, -0.2) is 58.2 Å². The van der Waals surface area contributed by atoms with Gasteiger partial charge < -0.3 is 14.7 Å². The minimum absolute atomic E-state index is 0.0128. The molecule has 1 aromatic heterocycles. The van der Waals surface area contributed by atoms with Gasteiger partial charge in [-0.1, -0.05) is 17.3 Å². The van der Waals surface area contributed by atoms with Crippen LogP contribution in [0.1, 0.15) is 24.4 Å².